The molecule has 1 heterocycles. The molecule has 1 fully saturated rings. The zero-order valence-electron chi connectivity index (χ0n) is 7.30. The van der Waals surface area contributed by atoms with Gasteiger partial charge in [0, 0.05) is 13.1 Å². The molecule has 0 radical (unpaired) electrons. The van der Waals surface area contributed by atoms with E-state index in [9.17, 15) is 0 Å². The Kier molecular flexibility index (Phi) is 2.81. The van der Waals surface area contributed by atoms with Gasteiger partial charge in [-0.05, 0) is 19.0 Å². The maximum absolute atomic E-state index is 2.53. The molecule has 2 nitrogen and oxygen atoms in total. The van der Waals surface area contributed by atoms with Crippen LogP contribution in [-0.2, 0) is 0 Å². The summed E-state index contributed by atoms with van der Waals surface area (Å²) in [6, 6.07) is 0. The van der Waals surface area contributed by atoms with E-state index in [-0.39, 0.29) is 0 Å². The highest BCUT2D eigenvalue weighted by Gasteiger charge is 2.14. The maximum atomic E-state index is 2.53. The van der Waals surface area contributed by atoms with Crippen molar-refractivity contribution >= 4 is 15.8 Å². The molecule has 1 rings (SSSR count). The molecule has 0 amide bonds. The predicted octanol–water partition coefficient (Wildman–Crippen LogP) is -1.87. The second kappa shape index (κ2) is 3.44. The van der Waals surface area contributed by atoms with Crippen molar-refractivity contribution in [1.82, 2.24) is 9.71 Å². The first kappa shape index (κ1) is 8.15. The van der Waals surface area contributed by atoms with E-state index >= 15 is 0 Å². The molecule has 0 aliphatic carbocycles. The van der Waals surface area contributed by atoms with Gasteiger partial charge in [0.25, 0.3) is 0 Å². The first-order chi connectivity index (χ1) is 4.70. The summed E-state index contributed by atoms with van der Waals surface area (Å²) in [5, 5.41) is 0. The average Bonchev–Trinajstić information content (AvgIpc) is 1.88. The van der Waals surface area contributed by atoms with E-state index in [1.807, 2.05) is 0 Å². The van der Waals surface area contributed by atoms with Gasteiger partial charge in [0.15, 0.2) is 7.98 Å². The molecule has 0 aromatic carbocycles. The zero-order valence-corrected chi connectivity index (χ0v) is 7.30. The third kappa shape index (κ3) is 2.03. The van der Waals surface area contributed by atoms with Gasteiger partial charge in [-0.25, -0.2) is 0 Å². The fraction of sp³-hybridized carbons (Fsp3) is 1.00. The fourth-order valence-electron chi connectivity index (χ4n) is 1.34. The standard InChI is InChI=1S/C6H16B2N2/c1-6(7)9-2-4-10(8)5-3-9/h6H,2-5,7-8H2,1H3. The second-order valence-electron chi connectivity index (χ2n) is 3.43. The van der Waals surface area contributed by atoms with E-state index in [0.717, 1.165) is 5.94 Å². The topological polar surface area (TPSA) is 6.48 Å². The van der Waals surface area contributed by atoms with E-state index in [4.69, 9.17) is 0 Å². The summed E-state index contributed by atoms with van der Waals surface area (Å²) in [7, 11) is 4.46. The third-order valence-corrected chi connectivity index (χ3v) is 2.27. The number of piperazine rings is 1. The molecule has 1 atom stereocenters. The van der Waals surface area contributed by atoms with Crippen LogP contribution in [0, 0.1) is 0 Å². The lowest BCUT2D eigenvalue weighted by molar-refractivity contribution is 0.182. The van der Waals surface area contributed by atoms with Gasteiger partial charge in [-0.1, -0.05) is 6.92 Å². The van der Waals surface area contributed by atoms with Crippen molar-refractivity contribution in [1.29, 1.82) is 0 Å². The highest BCUT2D eigenvalue weighted by molar-refractivity contribution is 6.11. The van der Waals surface area contributed by atoms with Crippen molar-refractivity contribution in [2.45, 2.75) is 12.9 Å². The van der Waals surface area contributed by atoms with Crippen LogP contribution in [0.2, 0.25) is 0 Å². The molecule has 0 bridgehead atoms. The summed E-state index contributed by atoms with van der Waals surface area (Å²) < 4.78 is 0. The molecule has 0 aromatic rings. The van der Waals surface area contributed by atoms with Gasteiger partial charge in [0.05, 0.1) is 0 Å². The van der Waals surface area contributed by atoms with Gasteiger partial charge >= 0.3 is 0 Å². The van der Waals surface area contributed by atoms with Crippen molar-refractivity contribution in [2.75, 3.05) is 26.2 Å². The molecular weight excluding hydrogens is 122 g/mol. The molecule has 1 unspecified atom stereocenters. The normalized spacial score (nSPS) is 26.5. The number of hydrogen-bond donors (Lipinski definition) is 0. The van der Waals surface area contributed by atoms with Crippen molar-refractivity contribution in [3.8, 4) is 0 Å². The van der Waals surface area contributed by atoms with Crippen LogP contribution in [0.4, 0.5) is 0 Å². The molecule has 1 aliphatic heterocycles. The van der Waals surface area contributed by atoms with Gasteiger partial charge in [-0.15, -0.1) is 0 Å². The van der Waals surface area contributed by atoms with E-state index in [1.54, 1.807) is 0 Å². The van der Waals surface area contributed by atoms with Crippen LogP contribution in [0.5, 0.6) is 0 Å². The van der Waals surface area contributed by atoms with Crippen molar-refractivity contribution in [3.63, 3.8) is 0 Å². The van der Waals surface area contributed by atoms with Gasteiger partial charge < -0.3 is 9.71 Å². The summed E-state index contributed by atoms with van der Waals surface area (Å²) in [4.78, 5) is 4.92. The lowest BCUT2D eigenvalue weighted by Crippen LogP contribution is -2.48. The van der Waals surface area contributed by atoms with Gasteiger partial charge in [-0.2, -0.15) is 0 Å². The van der Waals surface area contributed by atoms with Crippen LogP contribution >= 0.6 is 0 Å². The third-order valence-electron chi connectivity index (χ3n) is 2.27. The van der Waals surface area contributed by atoms with Crippen LogP contribution in [-0.4, -0.2) is 57.7 Å². The summed E-state index contributed by atoms with van der Waals surface area (Å²) in [6.07, 6.45) is 0. The van der Waals surface area contributed by atoms with E-state index in [2.05, 4.69) is 32.5 Å². The molecule has 4 heteroatoms. The van der Waals surface area contributed by atoms with Crippen LogP contribution in [0.15, 0.2) is 0 Å². The largest absolute Gasteiger partial charge is 0.346 e. The molecule has 1 aliphatic rings. The van der Waals surface area contributed by atoms with Gasteiger partial charge in [-0.3, -0.25) is 0 Å². The Hall–Kier alpha value is 0.0499. The average molecular weight is 138 g/mol. The predicted molar refractivity (Wildman–Crippen MR) is 49.7 cm³/mol. The SMILES string of the molecule is BC(C)N1CCN(B)CC1. The lowest BCUT2D eigenvalue weighted by atomic mass is 9.96. The molecule has 0 saturated carbocycles. The van der Waals surface area contributed by atoms with Crippen molar-refractivity contribution < 1.29 is 0 Å². The van der Waals surface area contributed by atoms with E-state index in [1.165, 1.54) is 26.2 Å². The number of rotatable bonds is 1. The van der Waals surface area contributed by atoms with Crippen LogP contribution in [0.3, 0.4) is 0 Å². The van der Waals surface area contributed by atoms with Crippen LogP contribution < -0.4 is 0 Å². The number of nitrogens with zero attached hydrogens (tertiary/aromatic N) is 2. The van der Waals surface area contributed by atoms with Crippen LogP contribution in [0.1, 0.15) is 6.92 Å². The molecule has 0 aromatic heterocycles. The molecule has 0 spiro atoms. The maximum Gasteiger partial charge on any atom is 0.185 e. The minimum Gasteiger partial charge on any atom is -0.346 e. The quantitative estimate of drug-likeness (QED) is 0.391. The second-order valence-corrected chi connectivity index (χ2v) is 3.43. The summed E-state index contributed by atoms with van der Waals surface area (Å²) in [5.41, 5.74) is 0. The highest BCUT2D eigenvalue weighted by atomic mass is 15.2. The Bertz CT molecular complexity index is 99.9. The lowest BCUT2D eigenvalue weighted by Gasteiger charge is -2.35. The van der Waals surface area contributed by atoms with Crippen molar-refractivity contribution in [2.24, 2.45) is 0 Å². The Balaban J connectivity index is 2.26. The summed E-state index contributed by atoms with van der Waals surface area (Å²) in [5.74, 6) is 0.730. The van der Waals surface area contributed by atoms with E-state index in [0.29, 0.717) is 0 Å². The Morgan fingerprint density at radius 2 is 1.70 bits per heavy atom. The Morgan fingerprint density at radius 3 is 2.10 bits per heavy atom. The first-order valence-corrected chi connectivity index (χ1v) is 4.13. The smallest absolute Gasteiger partial charge is 0.185 e. The van der Waals surface area contributed by atoms with Crippen molar-refractivity contribution in [3.05, 3.63) is 0 Å². The summed E-state index contributed by atoms with van der Waals surface area (Å²) in [6.45, 7) is 7.23. The highest BCUT2D eigenvalue weighted by Crippen LogP contribution is 2.00. The zero-order chi connectivity index (χ0) is 7.56. The van der Waals surface area contributed by atoms with Gasteiger partial charge in [0.2, 0.25) is 0 Å². The molecule has 1 saturated heterocycles. The molecular formula is C6H16B2N2. The minimum absolute atomic E-state index is 0.730. The fourth-order valence-corrected chi connectivity index (χ4v) is 1.34. The minimum atomic E-state index is 0.730. The van der Waals surface area contributed by atoms with Crippen LogP contribution in [0.25, 0.3) is 0 Å². The Morgan fingerprint density at radius 1 is 1.20 bits per heavy atom. The molecule has 56 valence electrons. The molecule has 10 heavy (non-hydrogen) atoms. The first-order valence-electron chi connectivity index (χ1n) is 4.13. The van der Waals surface area contributed by atoms with Gasteiger partial charge in [0.1, 0.15) is 7.85 Å². The molecule has 0 N–H and O–H groups in total. The van der Waals surface area contributed by atoms with E-state index < -0.39 is 0 Å². The monoisotopic (exact) mass is 138 g/mol. The Labute approximate surface area is 65.4 Å². The summed E-state index contributed by atoms with van der Waals surface area (Å²) >= 11 is 0. The number of hydrogen-bond acceptors (Lipinski definition) is 2.